The maximum atomic E-state index is 11.3. The van der Waals surface area contributed by atoms with E-state index in [-0.39, 0.29) is 5.78 Å². The summed E-state index contributed by atoms with van der Waals surface area (Å²) in [5, 5.41) is 9.35. The van der Waals surface area contributed by atoms with Crippen LogP contribution in [0.25, 0.3) is 0 Å². The molecule has 1 aliphatic rings. The molecule has 0 aromatic heterocycles. The van der Waals surface area contributed by atoms with Gasteiger partial charge in [-0.3, -0.25) is 4.79 Å². The molecule has 2 nitrogen and oxygen atoms in total. The van der Waals surface area contributed by atoms with Crippen LogP contribution < -0.4 is 0 Å². The maximum absolute atomic E-state index is 11.3. The zero-order chi connectivity index (χ0) is 8.65. The Hall–Kier alpha value is -0.630. The normalized spacial score (nSPS) is 33.8. The van der Waals surface area contributed by atoms with Gasteiger partial charge in [-0.2, -0.15) is 0 Å². The molecule has 11 heavy (non-hydrogen) atoms. The van der Waals surface area contributed by atoms with E-state index in [1.165, 1.54) is 0 Å². The van der Waals surface area contributed by atoms with E-state index in [0.29, 0.717) is 6.42 Å². The van der Waals surface area contributed by atoms with Gasteiger partial charge in [0.15, 0.2) is 5.78 Å². The van der Waals surface area contributed by atoms with Crippen LogP contribution in [0.15, 0.2) is 11.6 Å². The molecule has 0 aromatic rings. The highest BCUT2D eigenvalue weighted by Gasteiger charge is 2.40. The van der Waals surface area contributed by atoms with Crippen LogP contribution in [-0.2, 0) is 4.79 Å². The number of carbonyl (C=O) groups excluding carboxylic acids is 1. The molecule has 1 rings (SSSR count). The predicted octanol–water partition coefficient (Wildman–Crippen LogP) is 1.29. The van der Waals surface area contributed by atoms with E-state index in [9.17, 15) is 9.90 Å². The van der Waals surface area contributed by atoms with Gasteiger partial charge in [-0.15, -0.1) is 0 Å². The fraction of sp³-hybridized carbons (Fsp3) is 0.667. The Morgan fingerprint density at radius 1 is 1.73 bits per heavy atom. The van der Waals surface area contributed by atoms with Crippen LogP contribution in [0, 0.1) is 5.41 Å². The van der Waals surface area contributed by atoms with Gasteiger partial charge in [0, 0.05) is 0 Å². The molecule has 0 heterocycles. The van der Waals surface area contributed by atoms with Crippen LogP contribution in [-0.4, -0.2) is 17.0 Å². The minimum atomic E-state index is -0.552. The summed E-state index contributed by atoms with van der Waals surface area (Å²) < 4.78 is 0. The third-order valence-corrected chi connectivity index (χ3v) is 2.51. The highest BCUT2D eigenvalue weighted by molar-refractivity contribution is 5.98. The fourth-order valence-corrected chi connectivity index (χ4v) is 1.46. The second kappa shape index (κ2) is 2.45. The van der Waals surface area contributed by atoms with Crippen molar-refractivity contribution in [3.05, 3.63) is 11.6 Å². The topological polar surface area (TPSA) is 37.3 Å². The third-order valence-electron chi connectivity index (χ3n) is 2.51. The third kappa shape index (κ3) is 1.23. The van der Waals surface area contributed by atoms with E-state index in [4.69, 9.17) is 0 Å². The molecular weight excluding hydrogens is 140 g/mol. The Labute approximate surface area is 66.9 Å². The molecule has 0 radical (unpaired) electrons. The molecule has 1 N–H and O–H groups in total. The molecule has 0 aromatic carbocycles. The smallest absolute Gasteiger partial charge is 0.164 e. The van der Waals surface area contributed by atoms with Gasteiger partial charge >= 0.3 is 0 Å². The number of carbonyl (C=O) groups is 1. The molecule has 0 spiro atoms. The van der Waals surface area contributed by atoms with Crippen LogP contribution in [0.5, 0.6) is 0 Å². The predicted molar refractivity (Wildman–Crippen MR) is 43.2 cm³/mol. The zero-order valence-electron chi connectivity index (χ0n) is 7.22. The van der Waals surface area contributed by atoms with Crippen LogP contribution in [0.2, 0.25) is 0 Å². The molecule has 2 unspecified atom stereocenters. The van der Waals surface area contributed by atoms with Crippen molar-refractivity contribution in [1.82, 2.24) is 0 Å². The highest BCUT2D eigenvalue weighted by atomic mass is 16.3. The van der Waals surface area contributed by atoms with Crippen LogP contribution >= 0.6 is 0 Å². The second-order valence-corrected chi connectivity index (χ2v) is 3.63. The van der Waals surface area contributed by atoms with Crippen molar-refractivity contribution in [1.29, 1.82) is 0 Å². The van der Waals surface area contributed by atoms with Gasteiger partial charge in [-0.1, -0.05) is 5.57 Å². The number of aliphatic hydroxyl groups is 1. The van der Waals surface area contributed by atoms with Crippen molar-refractivity contribution in [3.8, 4) is 0 Å². The quantitative estimate of drug-likeness (QED) is 0.618. The minimum Gasteiger partial charge on any atom is -0.392 e. The Kier molecular flexibility index (Phi) is 1.89. The van der Waals surface area contributed by atoms with E-state index in [1.54, 1.807) is 13.0 Å². The van der Waals surface area contributed by atoms with Gasteiger partial charge in [0.05, 0.1) is 11.5 Å². The maximum Gasteiger partial charge on any atom is 0.164 e. The SMILES string of the molecule is CC1=CC(=O)C(C)(C(C)O)C1. The number of allylic oxidation sites excluding steroid dienone is 2. The largest absolute Gasteiger partial charge is 0.392 e. The van der Waals surface area contributed by atoms with Gasteiger partial charge in [0.25, 0.3) is 0 Å². The van der Waals surface area contributed by atoms with Crippen molar-refractivity contribution in [2.45, 2.75) is 33.3 Å². The van der Waals surface area contributed by atoms with Gasteiger partial charge in [0.1, 0.15) is 0 Å². The highest BCUT2D eigenvalue weighted by Crippen LogP contribution is 2.36. The van der Waals surface area contributed by atoms with Crippen LogP contribution in [0.1, 0.15) is 27.2 Å². The van der Waals surface area contributed by atoms with E-state index in [2.05, 4.69) is 0 Å². The lowest BCUT2D eigenvalue weighted by molar-refractivity contribution is -0.127. The Morgan fingerprint density at radius 3 is 2.45 bits per heavy atom. The molecule has 0 saturated heterocycles. The first-order valence-corrected chi connectivity index (χ1v) is 3.86. The molecule has 2 heteroatoms. The van der Waals surface area contributed by atoms with Crippen molar-refractivity contribution >= 4 is 5.78 Å². The monoisotopic (exact) mass is 154 g/mol. The summed E-state index contributed by atoms with van der Waals surface area (Å²) in [4.78, 5) is 11.3. The van der Waals surface area contributed by atoms with Gasteiger partial charge < -0.3 is 5.11 Å². The summed E-state index contributed by atoms with van der Waals surface area (Å²) >= 11 is 0. The van der Waals surface area contributed by atoms with Crippen molar-refractivity contribution in [2.75, 3.05) is 0 Å². The molecule has 0 amide bonds. The van der Waals surface area contributed by atoms with Gasteiger partial charge in [-0.05, 0) is 33.3 Å². The number of rotatable bonds is 1. The van der Waals surface area contributed by atoms with Gasteiger partial charge in [0.2, 0.25) is 0 Å². The summed E-state index contributed by atoms with van der Waals surface area (Å²) in [6, 6.07) is 0. The Bertz CT molecular complexity index is 216. The standard InChI is InChI=1S/C9H14O2/c1-6-4-8(11)9(3,5-6)7(2)10/h4,7,10H,5H2,1-3H3. The van der Waals surface area contributed by atoms with E-state index in [0.717, 1.165) is 5.57 Å². The Balaban J connectivity index is 2.87. The molecule has 0 aliphatic heterocycles. The van der Waals surface area contributed by atoms with E-state index in [1.807, 2.05) is 13.8 Å². The molecule has 1 aliphatic carbocycles. The fourth-order valence-electron chi connectivity index (χ4n) is 1.46. The summed E-state index contributed by atoms with van der Waals surface area (Å²) in [6.45, 7) is 5.41. The van der Waals surface area contributed by atoms with E-state index < -0.39 is 11.5 Å². The average molecular weight is 154 g/mol. The first-order valence-electron chi connectivity index (χ1n) is 3.86. The Morgan fingerprint density at radius 2 is 2.27 bits per heavy atom. The van der Waals surface area contributed by atoms with Crippen molar-refractivity contribution < 1.29 is 9.90 Å². The number of ketones is 1. The zero-order valence-corrected chi connectivity index (χ0v) is 7.22. The molecular formula is C9H14O2. The minimum absolute atomic E-state index is 0.0602. The number of hydrogen-bond donors (Lipinski definition) is 1. The lowest BCUT2D eigenvalue weighted by Gasteiger charge is -2.25. The number of aliphatic hydroxyl groups excluding tert-OH is 1. The van der Waals surface area contributed by atoms with Crippen molar-refractivity contribution in [3.63, 3.8) is 0 Å². The van der Waals surface area contributed by atoms with E-state index >= 15 is 0 Å². The second-order valence-electron chi connectivity index (χ2n) is 3.63. The molecule has 2 atom stereocenters. The van der Waals surface area contributed by atoms with Crippen molar-refractivity contribution in [2.24, 2.45) is 5.41 Å². The summed E-state index contributed by atoms with van der Waals surface area (Å²) in [6.07, 6.45) is 1.78. The summed E-state index contributed by atoms with van der Waals surface area (Å²) in [5.74, 6) is 0.0602. The first kappa shape index (κ1) is 8.47. The molecule has 62 valence electrons. The lowest BCUT2D eigenvalue weighted by atomic mass is 9.81. The van der Waals surface area contributed by atoms with Gasteiger partial charge in [-0.25, -0.2) is 0 Å². The van der Waals surface area contributed by atoms with Crippen LogP contribution in [0.3, 0.4) is 0 Å². The van der Waals surface area contributed by atoms with Crippen LogP contribution in [0.4, 0.5) is 0 Å². The lowest BCUT2D eigenvalue weighted by Crippen LogP contribution is -2.34. The summed E-state index contributed by atoms with van der Waals surface area (Å²) in [5.41, 5.74) is 0.516. The summed E-state index contributed by atoms with van der Waals surface area (Å²) in [7, 11) is 0. The average Bonchev–Trinajstić information content (AvgIpc) is 2.08. The molecule has 0 saturated carbocycles. The molecule has 0 bridgehead atoms. The molecule has 0 fully saturated rings. The first-order chi connectivity index (χ1) is 4.97. The number of hydrogen-bond acceptors (Lipinski definition) is 2.